The van der Waals surface area contributed by atoms with E-state index in [2.05, 4.69) is 20.5 Å². The monoisotopic (exact) mass is 149 g/mol. The van der Waals surface area contributed by atoms with Crippen LogP contribution >= 0.6 is 0 Å². The third-order valence-corrected chi connectivity index (χ3v) is 1.42. The van der Waals surface area contributed by atoms with E-state index in [9.17, 15) is 0 Å². The second-order valence-electron chi connectivity index (χ2n) is 2.21. The van der Waals surface area contributed by atoms with Crippen LogP contribution in [-0.4, -0.2) is 21.6 Å². The summed E-state index contributed by atoms with van der Waals surface area (Å²) in [5.74, 6) is 0.745. The van der Waals surface area contributed by atoms with E-state index in [-0.39, 0.29) is 0 Å². The molecule has 1 N–H and O–H groups in total. The Bertz CT molecular complexity index is 299. The van der Waals surface area contributed by atoms with Crippen LogP contribution in [0.4, 0.5) is 5.82 Å². The van der Waals surface area contributed by atoms with Crippen molar-refractivity contribution in [3.63, 3.8) is 0 Å². The van der Waals surface area contributed by atoms with Gasteiger partial charge in [-0.25, -0.2) is 0 Å². The van der Waals surface area contributed by atoms with Crippen LogP contribution in [0.15, 0.2) is 17.4 Å². The van der Waals surface area contributed by atoms with Gasteiger partial charge in [0.1, 0.15) is 5.69 Å². The van der Waals surface area contributed by atoms with Crippen molar-refractivity contribution in [2.24, 2.45) is 5.10 Å². The lowest BCUT2D eigenvalue weighted by Crippen LogP contribution is -2.06. The fourth-order valence-electron chi connectivity index (χ4n) is 0.884. The van der Waals surface area contributed by atoms with E-state index in [1.165, 1.54) is 0 Å². The normalized spacial score (nSPS) is 16.5. The lowest BCUT2D eigenvalue weighted by molar-refractivity contribution is 0.721. The van der Waals surface area contributed by atoms with Gasteiger partial charge >= 0.3 is 5.82 Å². The number of allylic oxidation sites excluding steroid dienone is 1. The number of hydrazone groups is 1. The molecule has 1 aromatic heterocycles. The number of aryl methyl sites for hydroxylation is 1. The Balaban J connectivity index is 2.36. The molecule has 1 aliphatic rings. The van der Waals surface area contributed by atoms with E-state index >= 15 is 0 Å². The fraction of sp³-hybridized carbons (Fsp3) is 0.167. The molecule has 55 valence electrons. The summed E-state index contributed by atoms with van der Waals surface area (Å²) in [6, 6.07) is 0. The van der Waals surface area contributed by atoms with E-state index in [1.54, 1.807) is 11.2 Å². The van der Waals surface area contributed by atoms with Crippen LogP contribution in [0, 0.1) is 6.92 Å². The number of nitrogens with zero attached hydrogens (tertiary/aromatic N) is 4. The van der Waals surface area contributed by atoms with Crippen LogP contribution in [0.25, 0.3) is 0 Å². The standard InChI is InChI=1S/C6H7N5/c1-5-6(9-10-8-5)11-4-2-3-7-11/h2-4H,1H3,(H,8,9,10)/q+1. The molecule has 0 aliphatic carbocycles. The molecule has 0 fully saturated rings. The minimum atomic E-state index is 0.745. The van der Waals surface area contributed by atoms with Gasteiger partial charge in [-0.1, -0.05) is 10.3 Å². The molecule has 0 bridgehead atoms. The van der Waals surface area contributed by atoms with Gasteiger partial charge in [0, 0.05) is 6.08 Å². The molecule has 0 unspecified atom stereocenters. The highest BCUT2D eigenvalue weighted by Crippen LogP contribution is 2.14. The summed E-state index contributed by atoms with van der Waals surface area (Å²) < 4.78 is 0. The zero-order valence-electron chi connectivity index (χ0n) is 6.02. The molecule has 0 atom stereocenters. The second kappa shape index (κ2) is 2.28. The van der Waals surface area contributed by atoms with Crippen LogP contribution < -0.4 is 5.01 Å². The van der Waals surface area contributed by atoms with E-state index < -0.39 is 0 Å². The molecular weight excluding hydrogens is 142 g/mol. The Hall–Kier alpha value is -1.49. The summed E-state index contributed by atoms with van der Waals surface area (Å²) in [5.41, 5.74) is 0.911. The molecule has 1 aliphatic heterocycles. The van der Waals surface area contributed by atoms with Crippen molar-refractivity contribution in [2.75, 3.05) is 0 Å². The Morgan fingerprint density at radius 1 is 1.55 bits per heavy atom. The molecule has 5 heteroatoms. The fourth-order valence-corrected chi connectivity index (χ4v) is 0.884. The zero-order valence-corrected chi connectivity index (χ0v) is 6.02. The largest absolute Gasteiger partial charge is 0.353 e. The Kier molecular flexibility index (Phi) is 1.29. The number of anilines is 1. The van der Waals surface area contributed by atoms with Crippen molar-refractivity contribution in [2.45, 2.75) is 6.92 Å². The predicted molar refractivity (Wildman–Crippen MR) is 40.5 cm³/mol. The minimum Gasteiger partial charge on any atom is -0.256 e. The van der Waals surface area contributed by atoms with Crippen molar-refractivity contribution in [1.29, 1.82) is 0 Å². The van der Waals surface area contributed by atoms with Crippen LogP contribution in [0.1, 0.15) is 5.69 Å². The van der Waals surface area contributed by atoms with Gasteiger partial charge in [0.15, 0.2) is 6.20 Å². The topological polar surface area (TPSA) is 59.8 Å². The van der Waals surface area contributed by atoms with E-state index in [0.717, 1.165) is 11.5 Å². The molecule has 1 aromatic rings. The lowest BCUT2D eigenvalue weighted by atomic mass is 10.5. The minimum absolute atomic E-state index is 0.745. The highest BCUT2D eigenvalue weighted by molar-refractivity contribution is 5.74. The second-order valence-corrected chi connectivity index (χ2v) is 2.21. The molecule has 0 saturated heterocycles. The maximum atomic E-state index is 4.01. The molecule has 11 heavy (non-hydrogen) atoms. The first kappa shape index (κ1) is 6.23. The van der Waals surface area contributed by atoms with Crippen molar-refractivity contribution < 1.29 is 0 Å². The predicted octanol–water partition coefficient (Wildman–Crippen LogP) is 0.398. The summed E-state index contributed by atoms with van der Waals surface area (Å²) in [4.78, 5) is 0. The average molecular weight is 149 g/mol. The molecule has 0 aromatic carbocycles. The van der Waals surface area contributed by atoms with Gasteiger partial charge in [-0.15, -0.1) is 0 Å². The van der Waals surface area contributed by atoms with Crippen molar-refractivity contribution in [3.05, 3.63) is 18.0 Å². The number of hydrogen-bond donors (Lipinski definition) is 1. The summed E-state index contributed by atoms with van der Waals surface area (Å²) in [6.45, 7) is 1.90. The van der Waals surface area contributed by atoms with Gasteiger partial charge in [-0.2, -0.15) is 0 Å². The van der Waals surface area contributed by atoms with Crippen LogP contribution in [0.5, 0.6) is 0 Å². The van der Waals surface area contributed by atoms with E-state index in [1.807, 2.05) is 19.2 Å². The van der Waals surface area contributed by atoms with Crippen molar-refractivity contribution in [1.82, 2.24) is 20.4 Å². The number of H-pyrrole nitrogens is 1. The molecule has 1 radical (unpaired) electrons. The highest BCUT2D eigenvalue weighted by Gasteiger charge is 2.24. The first-order valence-electron chi connectivity index (χ1n) is 3.25. The summed E-state index contributed by atoms with van der Waals surface area (Å²) in [7, 11) is 0. The molecule has 5 nitrogen and oxygen atoms in total. The van der Waals surface area contributed by atoms with Gasteiger partial charge in [0.2, 0.25) is 0 Å². The Morgan fingerprint density at radius 3 is 3.00 bits per heavy atom. The number of rotatable bonds is 1. The molecular formula is C6H7N5+. The third kappa shape index (κ3) is 0.947. The molecule has 2 heterocycles. The number of nitrogens with one attached hydrogen (secondary N) is 1. The zero-order chi connectivity index (χ0) is 7.68. The van der Waals surface area contributed by atoms with E-state index in [0.29, 0.717) is 0 Å². The third-order valence-electron chi connectivity index (χ3n) is 1.42. The first-order valence-corrected chi connectivity index (χ1v) is 3.25. The maximum absolute atomic E-state index is 4.01. The molecule has 0 spiro atoms. The Morgan fingerprint density at radius 2 is 2.45 bits per heavy atom. The van der Waals surface area contributed by atoms with Gasteiger partial charge in [-0.3, -0.25) is 5.10 Å². The van der Waals surface area contributed by atoms with Crippen molar-refractivity contribution >= 4 is 12.0 Å². The lowest BCUT2D eigenvalue weighted by Gasteiger charge is -1.88. The maximum Gasteiger partial charge on any atom is 0.353 e. The summed E-state index contributed by atoms with van der Waals surface area (Å²) in [6.07, 6.45) is 5.37. The van der Waals surface area contributed by atoms with Gasteiger partial charge < -0.3 is 0 Å². The first-order chi connectivity index (χ1) is 5.38. The molecule has 0 amide bonds. The van der Waals surface area contributed by atoms with E-state index in [4.69, 9.17) is 0 Å². The van der Waals surface area contributed by atoms with Crippen LogP contribution in [0.3, 0.4) is 0 Å². The highest BCUT2D eigenvalue weighted by atomic mass is 15.5. The molecule has 2 rings (SSSR count). The van der Waals surface area contributed by atoms with Gasteiger partial charge in [-0.05, 0) is 12.0 Å². The van der Waals surface area contributed by atoms with Crippen LogP contribution in [0.2, 0.25) is 0 Å². The number of aromatic nitrogens is 3. The smallest absolute Gasteiger partial charge is 0.256 e. The Labute approximate surface area is 63.4 Å². The molecule has 0 saturated carbocycles. The average Bonchev–Trinajstić information content (AvgIpc) is 2.55. The van der Waals surface area contributed by atoms with Gasteiger partial charge in [0.25, 0.3) is 0 Å². The van der Waals surface area contributed by atoms with Gasteiger partial charge in [0.05, 0.1) is 11.2 Å². The quantitative estimate of drug-likeness (QED) is 0.587. The van der Waals surface area contributed by atoms with Crippen LogP contribution in [-0.2, 0) is 0 Å². The number of aromatic amines is 1. The summed E-state index contributed by atoms with van der Waals surface area (Å²) >= 11 is 0. The SMILES string of the molecule is Cc1[nH]nnc1[N+]1C=CC=N1. The summed E-state index contributed by atoms with van der Waals surface area (Å²) in [5, 5.41) is 15.9. The number of hydrogen-bond acceptors (Lipinski definition) is 4. The van der Waals surface area contributed by atoms with Crippen molar-refractivity contribution in [3.8, 4) is 0 Å².